The van der Waals surface area contributed by atoms with Crippen molar-refractivity contribution in [3.05, 3.63) is 0 Å². The summed E-state index contributed by atoms with van der Waals surface area (Å²) in [6.07, 6.45) is 2.51. The minimum atomic E-state index is -1.10. The van der Waals surface area contributed by atoms with Gasteiger partial charge in [-0.15, -0.1) is 0 Å². The van der Waals surface area contributed by atoms with Crippen molar-refractivity contribution < 1.29 is 19.5 Å². The van der Waals surface area contributed by atoms with Crippen molar-refractivity contribution in [2.45, 2.75) is 71.6 Å². The van der Waals surface area contributed by atoms with E-state index in [2.05, 4.69) is 10.6 Å². The minimum absolute atomic E-state index is 0.112. The second-order valence-electron chi connectivity index (χ2n) is 7.42. The molecular weight excluding hydrogens is 298 g/mol. The summed E-state index contributed by atoms with van der Waals surface area (Å²) in [5, 5.41) is 15.0. The Balaban J connectivity index is 2.77. The van der Waals surface area contributed by atoms with Gasteiger partial charge in [0.05, 0.1) is 6.10 Å². The van der Waals surface area contributed by atoms with Gasteiger partial charge in [0.1, 0.15) is 12.1 Å². The molecule has 0 heterocycles. The topological polar surface area (TPSA) is 122 Å². The zero-order chi connectivity index (χ0) is 17.8. The monoisotopic (exact) mass is 327 g/mol. The molecule has 0 aliphatic heterocycles. The Bertz CT molecular complexity index is 451. The third kappa shape index (κ3) is 5.49. The number of hydrogen-bond acceptors (Lipinski definition) is 4. The summed E-state index contributed by atoms with van der Waals surface area (Å²) in [7, 11) is 0. The molecule has 1 fully saturated rings. The highest BCUT2D eigenvalue weighted by Crippen LogP contribution is 2.25. The Morgan fingerprint density at radius 2 is 1.65 bits per heavy atom. The van der Waals surface area contributed by atoms with Gasteiger partial charge in [-0.2, -0.15) is 0 Å². The Kier molecular flexibility index (Phi) is 6.56. The Morgan fingerprint density at radius 3 is 2.04 bits per heavy atom. The van der Waals surface area contributed by atoms with Crippen LogP contribution in [0.2, 0.25) is 0 Å². The highest BCUT2D eigenvalue weighted by Gasteiger charge is 2.35. The molecule has 1 saturated carbocycles. The van der Waals surface area contributed by atoms with Crippen molar-refractivity contribution in [1.29, 1.82) is 0 Å². The molecular formula is C16H29N3O4. The molecule has 0 spiro atoms. The molecule has 0 aromatic rings. The van der Waals surface area contributed by atoms with E-state index in [4.69, 9.17) is 5.73 Å². The van der Waals surface area contributed by atoms with Gasteiger partial charge in [0.15, 0.2) is 0 Å². The summed E-state index contributed by atoms with van der Waals surface area (Å²) in [6, 6.07) is -1.99. The van der Waals surface area contributed by atoms with E-state index in [1.54, 1.807) is 20.8 Å². The maximum Gasteiger partial charge on any atom is 0.245 e. The second kappa shape index (κ2) is 7.77. The highest BCUT2D eigenvalue weighted by atomic mass is 16.3. The molecule has 1 aliphatic carbocycles. The van der Waals surface area contributed by atoms with Crippen LogP contribution < -0.4 is 16.4 Å². The lowest BCUT2D eigenvalue weighted by Crippen LogP contribution is -2.60. The quantitative estimate of drug-likeness (QED) is 0.551. The molecule has 0 saturated heterocycles. The van der Waals surface area contributed by atoms with E-state index in [-0.39, 0.29) is 11.8 Å². The smallest absolute Gasteiger partial charge is 0.245 e. The van der Waals surface area contributed by atoms with Crippen molar-refractivity contribution in [1.82, 2.24) is 10.6 Å². The van der Waals surface area contributed by atoms with Gasteiger partial charge in [0.25, 0.3) is 0 Å². The van der Waals surface area contributed by atoms with E-state index in [9.17, 15) is 19.5 Å². The van der Waals surface area contributed by atoms with Gasteiger partial charge in [0, 0.05) is 5.92 Å². The number of nitrogens with one attached hydrogen (secondary N) is 2. The van der Waals surface area contributed by atoms with Crippen molar-refractivity contribution in [2.75, 3.05) is 0 Å². The van der Waals surface area contributed by atoms with E-state index in [1.807, 2.05) is 0 Å². The standard InChI is InChI=1S/C16H29N3O4/c1-9(20)11(18-14(22)10-7-5-6-8-10)15(23)19-12(13(17)21)16(2,3)4/h9-12,20H,5-8H2,1-4H3,(H2,17,21)(H,18,22)(H,19,23)/t9-,11-,12-/m1/s1. The maximum absolute atomic E-state index is 12.4. The molecule has 0 radical (unpaired) electrons. The average Bonchev–Trinajstić information content (AvgIpc) is 2.93. The van der Waals surface area contributed by atoms with Crippen molar-refractivity contribution in [2.24, 2.45) is 17.1 Å². The van der Waals surface area contributed by atoms with Crippen LogP contribution in [0.25, 0.3) is 0 Å². The van der Waals surface area contributed by atoms with Crippen LogP contribution in [0.1, 0.15) is 53.4 Å². The SMILES string of the molecule is C[C@@H](O)[C@@H](NC(=O)C1CCCC1)C(=O)N[C@H](C(N)=O)C(C)(C)C. The molecule has 0 bridgehead atoms. The molecule has 1 rings (SSSR count). The zero-order valence-corrected chi connectivity index (χ0v) is 14.4. The molecule has 7 heteroatoms. The molecule has 0 aromatic carbocycles. The Hall–Kier alpha value is -1.63. The molecule has 5 N–H and O–H groups in total. The first kappa shape index (κ1) is 19.4. The average molecular weight is 327 g/mol. The van der Waals surface area contributed by atoms with Gasteiger partial charge in [-0.05, 0) is 25.2 Å². The summed E-state index contributed by atoms with van der Waals surface area (Å²) in [4.78, 5) is 36.2. The second-order valence-corrected chi connectivity index (χ2v) is 7.42. The lowest BCUT2D eigenvalue weighted by Gasteiger charge is -2.31. The maximum atomic E-state index is 12.4. The predicted octanol–water partition coefficient (Wildman–Crippen LogP) is 0.0584. The Morgan fingerprint density at radius 1 is 1.13 bits per heavy atom. The number of amides is 3. The first-order valence-electron chi connectivity index (χ1n) is 8.12. The molecule has 7 nitrogen and oxygen atoms in total. The Labute approximate surface area is 137 Å². The molecule has 3 atom stereocenters. The van der Waals surface area contributed by atoms with Crippen LogP contribution in [-0.2, 0) is 14.4 Å². The third-order valence-electron chi connectivity index (χ3n) is 4.23. The summed E-state index contributed by atoms with van der Waals surface area (Å²) in [5.74, 6) is -1.60. The fourth-order valence-corrected chi connectivity index (χ4v) is 2.81. The third-order valence-corrected chi connectivity index (χ3v) is 4.23. The number of nitrogens with two attached hydrogens (primary N) is 1. The van der Waals surface area contributed by atoms with Crippen molar-refractivity contribution >= 4 is 17.7 Å². The van der Waals surface area contributed by atoms with Crippen LogP contribution in [0.4, 0.5) is 0 Å². The molecule has 132 valence electrons. The number of carbonyl (C=O) groups is 3. The number of primary amides is 1. The first-order chi connectivity index (χ1) is 10.5. The van der Waals surface area contributed by atoms with Crippen LogP contribution >= 0.6 is 0 Å². The normalized spacial score (nSPS) is 19.7. The summed E-state index contributed by atoms with van der Waals surface area (Å²) in [6.45, 7) is 6.75. The van der Waals surface area contributed by atoms with Gasteiger partial charge >= 0.3 is 0 Å². The van der Waals surface area contributed by atoms with Crippen LogP contribution in [0.5, 0.6) is 0 Å². The van der Waals surface area contributed by atoms with E-state index in [0.717, 1.165) is 25.7 Å². The van der Waals surface area contributed by atoms with Crippen LogP contribution in [0.3, 0.4) is 0 Å². The number of aliphatic hydroxyl groups excluding tert-OH is 1. The van der Waals surface area contributed by atoms with Gasteiger partial charge in [-0.3, -0.25) is 14.4 Å². The fraction of sp³-hybridized carbons (Fsp3) is 0.812. The van der Waals surface area contributed by atoms with E-state index >= 15 is 0 Å². The van der Waals surface area contributed by atoms with Gasteiger partial charge < -0.3 is 21.5 Å². The largest absolute Gasteiger partial charge is 0.391 e. The van der Waals surface area contributed by atoms with Gasteiger partial charge in [-0.25, -0.2) is 0 Å². The van der Waals surface area contributed by atoms with Crippen molar-refractivity contribution in [3.63, 3.8) is 0 Å². The molecule has 23 heavy (non-hydrogen) atoms. The predicted molar refractivity (Wildman–Crippen MR) is 86.1 cm³/mol. The van der Waals surface area contributed by atoms with Crippen LogP contribution in [-0.4, -0.2) is 41.0 Å². The van der Waals surface area contributed by atoms with E-state index in [1.165, 1.54) is 6.92 Å². The lowest BCUT2D eigenvalue weighted by atomic mass is 9.86. The number of carbonyl (C=O) groups excluding carboxylic acids is 3. The summed E-state index contributed by atoms with van der Waals surface area (Å²) < 4.78 is 0. The lowest BCUT2D eigenvalue weighted by molar-refractivity contribution is -0.136. The summed E-state index contributed by atoms with van der Waals surface area (Å²) >= 11 is 0. The first-order valence-corrected chi connectivity index (χ1v) is 8.12. The molecule has 0 unspecified atom stereocenters. The fourth-order valence-electron chi connectivity index (χ4n) is 2.81. The molecule has 1 aliphatic rings. The minimum Gasteiger partial charge on any atom is -0.391 e. The van der Waals surface area contributed by atoms with E-state index in [0.29, 0.717) is 0 Å². The number of hydrogen-bond donors (Lipinski definition) is 4. The van der Waals surface area contributed by atoms with Crippen LogP contribution in [0, 0.1) is 11.3 Å². The number of rotatable bonds is 6. The van der Waals surface area contributed by atoms with E-state index < -0.39 is 35.4 Å². The van der Waals surface area contributed by atoms with Gasteiger partial charge in [-0.1, -0.05) is 33.6 Å². The zero-order valence-electron chi connectivity index (χ0n) is 14.4. The van der Waals surface area contributed by atoms with Crippen molar-refractivity contribution in [3.8, 4) is 0 Å². The molecule has 0 aromatic heterocycles. The molecule has 3 amide bonds. The van der Waals surface area contributed by atoms with Gasteiger partial charge in [0.2, 0.25) is 17.7 Å². The van der Waals surface area contributed by atoms with Crippen LogP contribution in [0.15, 0.2) is 0 Å². The number of aliphatic hydroxyl groups is 1. The summed E-state index contributed by atoms with van der Waals surface area (Å²) in [5.41, 5.74) is 4.78. The highest BCUT2D eigenvalue weighted by molar-refractivity contribution is 5.92.